The number of hydrogen-bond acceptors (Lipinski definition) is 6. The van der Waals surface area contributed by atoms with Gasteiger partial charge in [0.25, 0.3) is 0 Å². The third kappa shape index (κ3) is 3.39. The molecule has 0 radical (unpaired) electrons. The number of hydrogen-bond donors (Lipinski definition) is 1. The molecular weight excluding hydrogens is 414 g/mol. The summed E-state index contributed by atoms with van der Waals surface area (Å²) in [5, 5.41) is 4.97. The molecule has 0 aliphatic carbocycles. The monoisotopic (exact) mass is 436 g/mol. The van der Waals surface area contributed by atoms with Gasteiger partial charge in [-0.2, -0.15) is 4.98 Å². The number of nitrogens with two attached hydrogens (primary N) is 1. The minimum Gasteiger partial charge on any atom is -0.497 e. The number of benzene rings is 2. The first kappa shape index (κ1) is 20.2. The largest absolute Gasteiger partial charge is 0.497 e. The molecule has 0 saturated carbocycles. The van der Waals surface area contributed by atoms with E-state index in [0.29, 0.717) is 28.4 Å². The van der Waals surface area contributed by atoms with E-state index in [1.165, 1.54) is 16.8 Å². The summed E-state index contributed by atoms with van der Waals surface area (Å²) < 4.78 is 35.6. The highest BCUT2D eigenvalue weighted by Gasteiger charge is 2.24. The van der Waals surface area contributed by atoms with Crippen LogP contribution in [0, 0.1) is 11.6 Å². The van der Waals surface area contributed by atoms with Crippen LogP contribution in [-0.4, -0.2) is 39.9 Å². The van der Waals surface area contributed by atoms with Crippen molar-refractivity contribution in [2.24, 2.45) is 0 Å². The summed E-state index contributed by atoms with van der Waals surface area (Å²) in [4.78, 5) is 11.3. The van der Waals surface area contributed by atoms with Crippen LogP contribution in [0.25, 0.3) is 28.0 Å². The number of piperidine rings is 1. The van der Waals surface area contributed by atoms with E-state index in [9.17, 15) is 8.78 Å². The first-order valence-electron chi connectivity index (χ1n) is 10.5. The molecule has 5 rings (SSSR count). The molecule has 0 unspecified atom stereocenters. The highest BCUT2D eigenvalue weighted by molar-refractivity contribution is 5.99. The SMILES string of the molecule is COc1ccc(-n2nc3nc(N4CCCCC4)nc(-c4cccc(F)c4F)c3c2N)cc1. The number of nitrogen functional groups attached to an aromatic ring is 1. The lowest BCUT2D eigenvalue weighted by Gasteiger charge is -2.26. The van der Waals surface area contributed by atoms with Gasteiger partial charge in [0.1, 0.15) is 11.6 Å². The number of aromatic nitrogens is 4. The molecule has 0 amide bonds. The molecule has 1 fully saturated rings. The van der Waals surface area contributed by atoms with Crippen LogP contribution in [0.1, 0.15) is 19.3 Å². The second-order valence-electron chi connectivity index (χ2n) is 7.71. The Labute approximate surface area is 183 Å². The van der Waals surface area contributed by atoms with Crippen molar-refractivity contribution in [1.82, 2.24) is 19.7 Å². The second kappa shape index (κ2) is 8.07. The topological polar surface area (TPSA) is 82.1 Å². The van der Waals surface area contributed by atoms with Crippen molar-refractivity contribution in [2.45, 2.75) is 19.3 Å². The van der Waals surface area contributed by atoms with Gasteiger partial charge in [-0.1, -0.05) is 6.07 Å². The maximum Gasteiger partial charge on any atom is 0.228 e. The predicted octanol–water partition coefficient (Wildman–Crippen LogP) is 4.34. The van der Waals surface area contributed by atoms with E-state index < -0.39 is 11.6 Å². The number of nitrogens with zero attached hydrogens (tertiary/aromatic N) is 5. The quantitative estimate of drug-likeness (QED) is 0.513. The van der Waals surface area contributed by atoms with E-state index in [-0.39, 0.29) is 17.1 Å². The summed E-state index contributed by atoms with van der Waals surface area (Å²) in [7, 11) is 1.59. The molecule has 2 N–H and O–H groups in total. The molecule has 164 valence electrons. The number of methoxy groups -OCH3 is 1. The van der Waals surface area contributed by atoms with Crippen LogP contribution in [0.15, 0.2) is 42.5 Å². The number of ether oxygens (including phenoxy) is 1. The lowest BCUT2D eigenvalue weighted by Crippen LogP contribution is -2.31. The molecule has 1 aliphatic heterocycles. The van der Waals surface area contributed by atoms with Crippen LogP contribution < -0.4 is 15.4 Å². The first-order valence-corrected chi connectivity index (χ1v) is 10.5. The Hall–Kier alpha value is -3.75. The molecule has 32 heavy (non-hydrogen) atoms. The maximum atomic E-state index is 14.8. The van der Waals surface area contributed by atoms with Crippen LogP contribution in [-0.2, 0) is 0 Å². The minimum absolute atomic E-state index is 0.0247. The number of rotatable bonds is 4. The lowest BCUT2D eigenvalue weighted by molar-refractivity contribution is 0.414. The lowest BCUT2D eigenvalue weighted by atomic mass is 10.1. The summed E-state index contributed by atoms with van der Waals surface area (Å²) in [6, 6.07) is 11.2. The molecule has 7 nitrogen and oxygen atoms in total. The van der Waals surface area contributed by atoms with Crippen LogP contribution >= 0.6 is 0 Å². The highest BCUT2D eigenvalue weighted by Crippen LogP contribution is 2.35. The van der Waals surface area contributed by atoms with Gasteiger partial charge >= 0.3 is 0 Å². The number of fused-ring (bicyclic) bond motifs is 1. The summed E-state index contributed by atoms with van der Waals surface area (Å²) in [6.45, 7) is 1.59. The van der Waals surface area contributed by atoms with Gasteiger partial charge in [-0.25, -0.2) is 18.4 Å². The van der Waals surface area contributed by atoms with Gasteiger partial charge < -0.3 is 15.4 Å². The Balaban J connectivity index is 1.75. The zero-order valence-electron chi connectivity index (χ0n) is 17.6. The Morgan fingerprint density at radius 1 is 0.969 bits per heavy atom. The fourth-order valence-electron chi connectivity index (χ4n) is 4.04. The highest BCUT2D eigenvalue weighted by atomic mass is 19.2. The van der Waals surface area contributed by atoms with E-state index in [2.05, 4.69) is 15.1 Å². The van der Waals surface area contributed by atoms with Gasteiger partial charge in [0.05, 0.1) is 23.9 Å². The summed E-state index contributed by atoms with van der Waals surface area (Å²) in [6.07, 6.45) is 3.18. The van der Waals surface area contributed by atoms with E-state index in [4.69, 9.17) is 10.5 Å². The third-order valence-electron chi connectivity index (χ3n) is 5.72. The van der Waals surface area contributed by atoms with Gasteiger partial charge in [0.2, 0.25) is 5.95 Å². The number of anilines is 2. The standard InChI is InChI=1S/C23H22F2N6O/c1-32-15-10-8-14(9-11-15)31-21(26)18-20(16-6-5-7-17(24)19(16)25)27-23(28-22(18)29-31)30-12-3-2-4-13-30/h5-11H,2-4,12-13,26H2,1H3. The molecule has 0 atom stereocenters. The van der Waals surface area contributed by atoms with Gasteiger partial charge in [-0.05, 0) is 55.7 Å². The molecule has 1 saturated heterocycles. The van der Waals surface area contributed by atoms with E-state index in [1.54, 1.807) is 19.2 Å². The van der Waals surface area contributed by atoms with Crippen molar-refractivity contribution < 1.29 is 13.5 Å². The van der Waals surface area contributed by atoms with Crippen molar-refractivity contribution >= 4 is 22.8 Å². The second-order valence-corrected chi connectivity index (χ2v) is 7.71. The summed E-state index contributed by atoms with van der Waals surface area (Å²) in [5.74, 6) is -0.549. The van der Waals surface area contributed by atoms with Crippen molar-refractivity contribution in [2.75, 3.05) is 30.8 Å². The molecule has 0 spiro atoms. The predicted molar refractivity (Wildman–Crippen MR) is 119 cm³/mol. The third-order valence-corrected chi connectivity index (χ3v) is 5.72. The Morgan fingerprint density at radius 3 is 2.44 bits per heavy atom. The van der Waals surface area contributed by atoms with Crippen molar-refractivity contribution in [3.05, 3.63) is 54.1 Å². The Bertz CT molecular complexity index is 1280. The molecular formula is C23H22F2N6O. The van der Waals surface area contributed by atoms with Crippen LogP contribution in [0.5, 0.6) is 5.75 Å². The molecule has 3 heterocycles. The van der Waals surface area contributed by atoms with E-state index in [1.807, 2.05) is 17.0 Å². The molecule has 1 aliphatic rings. The molecule has 9 heteroatoms. The molecule has 4 aromatic rings. The average molecular weight is 436 g/mol. The smallest absolute Gasteiger partial charge is 0.228 e. The zero-order chi connectivity index (χ0) is 22.2. The first-order chi connectivity index (χ1) is 15.6. The molecule has 2 aromatic carbocycles. The van der Waals surface area contributed by atoms with Gasteiger partial charge in [-0.15, -0.1) is 5.10 Å². The Morgan fingerprint density at radius 2 is 1.72 bits per heavy atom. The number of halogens is 2. The van der Waals surface area contributed by atoms with Crippen molar-refractivity contribution in [1.29, 1.82) is 0 Å². The molecule has 2 aromatic heterocycles. The average Bonchev–Trinajstić information content (AvgIpc) is 3.17. The van der Waals surface area contributed by atoms with E-state index >= 15 is 0 Å². The zero-order valence-corrected chi connectivity index (χ0v) is 17.6. The van der Waals surface area contributed by atoms with E-state index in [0.717, 1.165) is 38.4 Å². The van der Waals surface area contributed by atoms with Gasteiger partial charge in [0.15, 0.2) is 17.3 Å². The summed E-state index contributed by atoms with van der Waals surface area (Å²) >= 11 is 0. The minimum atomic E-state index is -0.978. The van der Waals surface area contributed by atoms with Crippen LogP contribution in [0.3, 0.4) is 0 Å². The normalized spacial score (nSPS) is 14.2. The Kier molecular flexibility index (Phi) is 5.08. The fraction of sp³-hybridized carbons (Fsp3) is 0.261. The van der Waals surface area contributed by atoms with Crippen molar-refractivity contribution in [3.63, 3.8) is 0 Å². The summed E-state index contributed by atoms with van der Waals surface area (Å²) in [5.41, 5.74) is 7.72. The van der Waals surface area contributed by atoms with Crippen molar-refractivity contribution in [3.8, 4) is 22.7 Å². The fourth-order valence-corrected chi connectivity index (χ4v) is 4.04. The molecule has 0 bridgehead atoms. The maximum absolute atomic E-state index is 14.8. The van der Waals surface area contributed by atoms with Gasteiger partial charge in [0, 0.05) is 18.7 Å². The van der Waals surface area contributed by atoms with Crippen LogP contribution in [0.4, 0.5) is 20.5 Å². The van der Waals surface area contributed by atoms with Crippen LogP contribution in [0.2, 0.25) is 0 Å². The van der Waals surface area contributed by atoms with Gasteiger partial charge in [-0.3, -0.25) is 0 Å².